The number of carboxylic acid groups (broad SMARTS) is 1. The lowest BCUT2D eigenvalue weighted by Crippen LogP contribution is -2.37. The topological polar surface area (TPSA) is 69.6 Å². The van der Waals surface area contributed by atoms with Gasteiger partial charge in [0, 0.05) is 24.7 Å². The molecule has 0 aromatic heterocycles. The van der Waals surface area contributed by atoms with Crippen LogP contribution < -0.4 is 10.2 Å². The molecule has 1 aromatic carbocycles. The van der Waals surface area contributed by atoms with E-state index in [1.54, 1.807) is 4.90 Å². The Morgan fingerprint density at radius 2 is 2.05 bits per heavy atom. The molecule has 5 heteroatoms. The Labute approximate surface area is 125 Å². The highest BCUT2D eigenvalue weighted by Gasteiger charge is 2.23. The van der Waals surface area contributed by atoms with E-state index in [9.17, 15) is 9.59 Å². The summed E-state index contributed by atoms with van der Waals surface area (Å²) in [5, 5.41) is 12.2. The number of nitrogens with one attached hydrogen (secondary N) is 1. The van der Waals surface area contributed by atoms with E-state index in [1.165, 1.54) is 0 Å². The number of carbonyl (C=O) groups excluding carboxylic acids is 1. The molecule has 1 unspecified atom stereocenters. The lowest BCUT2D eigenvalue weighted by atomic mass is 10.1. The average Bonchev–Trinajstić information content (AvgIpc) is 2.93. The minimum Gasteiger partial charge on any atom is -0.481 e. The normalized spacial score (nSPS) is 17.7. The van der Waals surface area contributed by atoms with E-state index >= 15 is 0 Å². The smallest absolute Gasteiger partial charge is 0.305 e. The zero-order valence-corrected chi connectivity index (χ0v) is 12.3. The number of nitrogens with zero attached hydrogens (tertiary/aromatic N) is 1. The molecule has 0 spiro atoms. The number of hydrogen-bond acceptors (Lipinski definition) is 3. The summed E-state index contributed by atoms with van der Waals surface area (Å²) in [4.78, 5) is 24.9. The number of benzene rings is 1. The Balaban J connectivity index is 2.08. The minimum atomic E-state index is -0.890. The summed E-state index contributed by atoms with van der Waals surface area (Å²) in [5.41, 5.74) is 1.88. The van der Waals surface area contributed by atoms with Crippen LogP contribution in [0.15, 0.2) is 24.3 Å². The first kappa shape index (κ1) is 15.5. The number of aryl methyl sites for hydroxylation is 1. The van der Waals surface area contributed by atoms with E-state index in [0.717, 1.165) is 30.6 Å². The first-order chi connectivity index (χ1) is 10.1. The van der Waals surface area contributed by atoms with E-state index in [0.29, 0.717) is 6.42 Å². The lowest BCUT2D eigenvalue weighted by Gasteiger charge is -2.24. The molecule has 2 rings (SSSR count). The molecule has 21 heavy (non-hydrogen) atoms. The maximum Gasteiger partial charge on any atom is 0.305 e. The van der Waals surface area contributed by atoms with Crippen LogP contribution in [-0.2, 0) is 9.59 Å². The van der Waals surface area contributed by atoms with Crippen molar-refractivity contribution in [1.82, 2.24) is 5.32 Å². The van der Waals surface area contributed by atoms with Gasteiger partial charge in [0.15, 0.2) is 0 Å². The third-order valence-corrected chi connectivity index (χ3v) is 3.78. The second-order valence-corrected chi connectivity index (χ2v) is 5.52. The van der Waals surface area contributed by atoms with E-state index in [2.05, 4.69) is 5.32 Å². The van der Waals surface area contributed by atoms with Gasteiger partial charge in [-0.15, -0.1) is 0 Å². The molecule has 5 nitrogen and oxygen atoms in total. The third-order valence-electron chi connectivity index (χ3n) is 3.78. The van der Waals surface area contributed by atoms with E-state index in [1.807, 2.05) is 31.2 Å². The third kappa shape index (κ3) is 4.56. The summed E-state index contributed by atoms with van der Waals surface area (Å²) in [6.45, 7) is 3.15. The highest BCUT2D eigenvalue weighted by atomic mass is 16.4. The van der Waals surface area contributed by atoms with Crippen LogP contribution >= 0.6 is 0 Å². The standard InChI is InChI=1S/C16H22N2O3/c1-12-4-6-14(7-5-12)18(10-8-16(20)21)15(19)11-13-3-2-9-17-13/h4-7,13,17H,2-3,8-11H2,1H3,(H,20,21). The highest BCUT2D eigenvalue weighted by Crippen LogP contribution is 2.19. The van der Waals surface area contributed by atoms with Crippen molar-refractivity contribution in [2.75, 3.05) is 18.0 Å². The van der Waals surface area contributed by atoms with Gasteiger partial charge in [-0.05, 0) is 38.4 Å². The van der Waals surface area contributed by atoms with E-state index in [4.69, 9.17) is 5.11 Å². The molecule has 114 valence electrons. The van der Waals surface area contributed by atoms with Crippen molar-refractivity contribution < 1.29 is 14.7 Å². The molecule has 1 heterocycles. The predicted molar refractivity (Wildman–Crippen MR) is 81.4 cm³/mol. The molecule has 0 aliphatic carbocycles. The Hall–Kier alpha value is -1.88. The summed E-state index contributed by atoms with van der Waals surface area (Å²) in [6, 6.07) is 7.83. The van der Waals surface area contributed by atoms with E-state index in [-0.39, 0.29) is 24.9 Å². The molecular weight excluding hydrogens is 268 g/mol. The van der Waals surface area contributed by atoms with Gasteiger partial charge in [-0.25, -0.2) is 0 Å². The molecule has 1 atom stereocenters. The quantitative estimate of drug-likeness (QED) is 0.840. The minimum absolute atomic E-state index is 0.0143. The van der Waals surface area contributed by atoms with Crippen LogP contribution in [0.1, 0.15) is 31.2 Å². The molecule has 1 saturated heterocycles. The first-order valence-electron chi connectivity index (χ1n) is 7.38. The van der Waals surface area contributed by atoms with Crippen molar-refractivity contribution in [1.29, 1.82) is 0 Å². The van der Waals surface area contributed by atoms with Crippen molar-refractivity contribution in [2.45, 2.75) is 38.6 Å². The molecule has 0 saturated carbocycles. The van der Waals surface area contributed by atoms with Gasteiger partial charge < -0.3 is 15.3 Å². The summed E-state index contributed by atoms with van der Waals surface area (Å²) >= 11 is 0. The van der Waals surface area contributed by atoms with Gasteiger partial charge in [0.1, 0.15) is 0 Å². The van der Waals surface area contributed by atoms with Crippen LogP contribution in [-0.4, -0.2) is 36.1 Å². The van der Waals surface area contributed by atoms with Gasteiger partial charge in [-0.2, -0.15) is 0 Å². The Morgan fingerprint density at radius 3 is 2.62 bits per heavy atom. The molecule has 1 aliphatic heterocycles. The van der Waals surface area contributed by atoms with Crippen LogP contribution in [0.5, 0.6) is 0 Å². The second kappa shape index (κ2) is 7.22. The molecule has 1 aliphatic rings. The summed E-state index contributed by atoms with van der Waals surface area (Å²) in [6.07, 6.45) is 2.48. The van der Waals surface area contributed by atoms with Crippen LogP contribution in [0.4, 0.5) is 5.69 Å². The van der Waals surface area contributed by atoms with Crippen molar-refractivity contribution in [2.24, 2.45) is 0 Å². The Kier molecular flexibility index (Phi) is 5.33. The molecule has 1 aromatic rings. The number of hydrogen-bond donors (Lipinski definition) is 2. The number of anilines is 1. The SMILES string of the molecule is Cc1ccc(N(CCC(=O)O)C(=O)CC2CCCN2)cc1. The molecular formula is C16H22N2O3. The fraction of sp³-hybridized carbons (Fsp3) is 0.500. The number of carbonyl (C=O) groups is 2. The van der Waals surface area contributed by atoms with Gasteiger partial charge in [0.25, 0.3) is 0 Å². The first-order valence-corrected chi connectivity index (χ1v) is 7.38. The molecule has 0 radical (unpaired) electrons. The fourth-order valence-corrected chi connectivity index (χ4v) is 2.58. The second-order valence-electron chi connectivity index (χ2n) is 5.52. The van der Waals surface area contributed by atoms with Crippen LogP contribution in [0, 0.1) is 6.92 Å². The van der Waals surface area contributed by atoms with Crippen molar-refractivity contribution in [3.05, 3.63) is 29.8 Å². The monoisotopic (exact) mass is 290 g/mol. The van der Waals surface area contributed by atoms with Crippen molar-refractivity contribution in [3.63, 3.8) is 0 Å². The van der Waals surface area contributed by atoms with Gasteiger partial charge in [-0.1, -0.05) is 17.7 Å². The van der Waals surface area contributed by atoms with Crippen molar-refractivity contribution in [3.8, 4) is 0 Å². The van der Waals surface area contributed by atoms with Crippen molar-refractivity contribution >= 4 is 17.6 Å². The average molecular weight is 290 g/mol. The molecule has 2 N–H and O–H groups in total. The number of aliphatic carboxylic acids is 1. The Bertz CT molecular complexity index is 493. The van der Waals surface area contributed by atoms with Crippen LogP contribution in [0.3, 0.4) is 0 Å². The van der Waals surface area contributed by atoms with E-state index < -0.39 is 5.97 Å². The maximum absolute atomic E-state index is 12.5. The predicted octanol–water partition coefficient (Wildman–Crippen LogP) is 1.94. The lowest BCUT2D eigenvalue weighted by molar-refractivity contribution is -0.136. The summed E-state index contributed by atoms with van der Waals surface area (Å²) < 4.78 is 0. The highest BCUT2D eigenvalue weighted by molar-refractivity contribution is 5.94. The van der Waals surface area contributed by atoms with Gasteiger partial charge in [0.05, 0.1) is 6.42 Å². The maximum atomic E-state index is 12.5. The van der Waals surface area contributed by atoms with Gasteiger partial charge in [0.2, 0.25) is 5.91 Å². The number of amides is 1. The van der Waals surface area contributed by atoms with Crippen LogP contribution in [0.25, 0.3) is 0 Å². The summed E-state index contributed by atoms with van der Waals surface area (Å²) in [5.74, 6) is -0.904. The zero-order valence-electron chi connectivity index (χ0n) is 12.3. The van der Waals surface area contributed by atoms with Gasteiger partial charge >= 0.3 is 5.97 Å². The largest absolute Gasteiger partial charge is 0.481 e. The molecule has 0 bridgehead atoms. The Morgan fingerprint density at radius 1 is 1.33 bits per heavy atom. The zero-order chi connectivity index (χ0) is 15.2. The summed E-state index contributed by atoms with van der Waals surface area (Å²) in [7, 11) is 0. The fourth-order valence-electron chi connectivity index (χ4n) is 2.58. The van der Waals surface area contributed by atoms with Gasteiger partial charge in [-0.3, -0.25) is 9.59 Å². The number of carboxylic acids is 1. The number of rotatable bonds is 6. The molecule has 1 amide bonds. The molecule has 1 fully saturated rings. The van der Waals surface area contributed by atoms with Crippen LogP contribution in [0.2, 0.25) is 0 Å².